The van der Waals surface area contributed by atoms with Crippen molar-refractivity contribution in [1.82, 2.24) is 4.90 Å². The topological polar surface area (TPSA) is 96.4 Å². The third-order valence-electron chi connectivity index (χ3n) is 9.32. The standard InChI is InChI=1S/C34H39ClN2O6/c1-4-7-13-21-42-32(41)28-27-30(39)37(26(22-38)23-14-9-8-10-15-23)29(34(27)19-18-33(28,6-3)43-34)31(40)36(20-5-2)25-17-12-11-16-24(25)35/h4-5,8-12,14-17,26-29,38H,1-2,6-7,13,18-22H2,3H3/t26-,27+,28-,29?,33+,34?/m1/s1. The summed E-state index contributed by atoms with van der Waals surface area (Å²) in [5.74, 6) is -3.14. The zero-order valence-electron chi connectivity index (χ0n) is 24.5. The Bertz CT molecular complexity index is 1380. The number of para-hydroxylation sites is 1. The number of likely N-dealkylation sites (tertiary alicyclic amines) is 1. The molecule has 228 valence electrons. The van der Waals surface area contributed by atoms with Gasteiger partial charge in [0, 0.05) is 6.54 Å². The summed E-state index contributed by atoms with van der Waals surface area (Å²) in [5.41, 5.74) is -1.09. The lowest BCUT2D eigenvalue weighted by Gasteiger charge is -2.39. The molecule has 0 saturated carbocycles. The maximum absolute atomic E-state index is 14.9. The van der Waals surface area contributed by atoms with Crippen LogP contribution in [0.25, 0.3) is 0 Å². The lowest BCUT2D eigenvalue weighted by molar-refractivity contribution is -0.162. The highest BCUT2D eigenvalue weighted by Gasteiger charge is 2.79. The Morgan fingerprint density at radius 2 is 1.88 bits per heavy atom. The number of hydrogen-bond acceptors (Lipinski definition) is 6. The smallest absolute Gasteiger partial charge is 0.312 e. The van der Waals surface area contributed by atoms with Crippen LogP contribution in [0.3, 0.4) is 0 Å². The maximum Gasteiger partial charge on any atom is 0.312 e. The first-order valence-electron chi connectivity index (χ1n) is 14.9. The van der Waals surface area contributed by atoms with Crippen LogP contribution in [0.15, 0.2) is 79.9 Å². The van der Waals surface area contributed by atoms with Gasteiger partial charge in [-0.05, 0) is 49.8 Å². The van der Waals surface area contributed by atoms with Crippen LogP contribution in [0.1, 0.15) is 50.6 Å². The quantitative estimate of drug-likeness (QED) is 0.190. The molecule has 6 atom stereocenters. The number of nitrogens with zero attached hydrogens (tertiary/aromatic N) is 2. The van der Waals surface area contributed by atoms with Gasteiger partial charge >= 0.3 is 5.97 Å². The molecule has 3 fully saturated rings. The van der Waals surface area contributed by atoms with Crippen molar-refractivity contribution in [1.29, 1.82) is 0 Å². The van der Waals surface area contributed by atoms with Crippen LogP contribution in [0.2, 0.25) is 5.02 Å². The van der Waals surface area contributed by atoms with Crippen molar-refractivity contribution in [2.24, 2.45) is 11.8 Å². The highest BCUT2D eigenvalue weighted by molar-refractivity contribution is 6.34. The predicted molar refractivity (Wildman–Crippen MR) is 164 cm³/mol. The van der Waals surface area contributed by atoms with Crippen LogP contribution < -0.4 is 4.90 Å². The maximum atomic E-state index is 14.9. The highest BCUT2D eigenvalue weighted by Crippen LogP contribution is 2.65. The molecule has 2 aromatic rings. The molecule has 5 rings (SSSR count). The minimum absolute atomic E-state index is 0.130. The van der Waals surface area contributed by atoms with E-state index < -0.39 is 59.5 Å². The van der Waals surface area contributed by atoms with Crippen LogP contribution in [-0.2, 0) is 23.9 Å². The summed E-state index contributed by atoms with van der Waals surface area (Å²) in [4.78, 5) is 46.3. The number of rotatable bonds is 13. The summed E-state index contributed by atoms with van der Waals surface area (Å²) >= 11 is 6.58. The molecule has 2 amide bonds. The van der Waals surface area contributed by atoms with Gasteiger partial charge in [-0.15, -0.1) is 13.2 Å². The van der Waals surface area contributed by atoms with E-state index in [2.05, 4.69) is 13.2 Å². The molecule has 43 heavy (non-hydrogen) atoms. The summed E-state index contributed by atoms with van der Waals surface area (Å²) in [5, 5.41) is 11.1. The summed E-state index contributed by atoms with van der Waals surface area (Å²) in [6.07, 6.45) is 6.06. The second-order valence-corrected chi connectivity index (χ2v) is 11.9. The number of halogens is 1. The molecule has 2 bridgehead atoms. The first-order valence-corrected chi connectivity index (χ1v) is 15.3. The average Bonchev–Trinajstić information content (AvgIpc) is 3.63. The Morgan fingerprint density at radius 1 is 1.16 bits per heavy atom. The van der Waals surface area contributed by atoms with Crippen molar-refractivity contribution in [2.75, 3.05) is 24.7 Å². The Hall–Kier alpha value is -3.46. The molecule has 8 nitrogen and oxygen atoms in total. The molecule has 0 aliphatic carbocycles. The molecule has 2 aromatic carbocycles. The monoisotopic (exact) mass is 606 g/mol. The summed E-state index contributed by atoms with van der Waals surface area (Å²) in [6.45, 7) is 9.41. The van der Waals surface area contributed by atoms with E-state index in [1.807, 2.05) is 37.3 Å². The second-order valence-electron chi connectivity index (χ2n) is 11.5. The number of benzene rings is 2. The van der Waals surface area contributed by atoms with Gasteiger partial charge in [0.25, 0.3) is 5.91 Å². The van der Waals surface area contributed by atoms with Gasteiger partial charge in [0.05, 0.1) is 41.5 Å². The van der Waals surface area contributed by atoms with E-state index in [1.54, 1.807) is 36.4 Å². The van der Waals surface area contributed by atoms with Crippen molar-refractivity contribution < 1.29 is 29.0 Å². The Labute approximate surface area is 257 Å². The lowest BCUT2D eigenvalue weighted by atomic mass is 9.65. The molecule has 3 heterocycles. The van der Waals surface area contributed by atoms with E-state index >= 15 is 0 Å². The van der Waals surface area contributed by atoms with Gasteiger partial charge < -0.3 is 24.4 Å². The van der Waals surface area contributed by atoms with Crippen molar-refractivity contribution in [3.63, 3.8) is 0 Å². The molecule has 0 aromatic heterocycles. The summed E-state index contributed by atoms with van der Waals surface area (Å²) in [7, 11) is 0. The number of unbranched alkanes of at least 4 members (excludes halogenated alkanes) is 1. The van der Waals surface area contributed by atoms with Crippen LogP contribution in [0, 0.1) is 11.8 Å². The molecule has 9 heteroatoms. The Balaban J connectivity index is 1.64. The van der Waals surface area contributed by atoms with E-state index in [1.165, 1.54) is 9.80 Å². The van der Waals surface area contributed by atoms with Gasteiger partial charge in [0.1, 0.15) is 17.6 Å². The predicted octanol–water partition coefficient (Wildman–Crippen LogP) is 5.26. The van der Waals surface area contributed by atoms with Gasteiger partial charge in [0.2, 0.25) is 5.91 Å². The fraction of sp³-hybridized carbons (Fsp3) is 0.441. The number of allylic oxidation sites excluding steroid dienone is 1. The normalized spacial score (nSPS) is 27.9. The van der Waals surface area contributed by atoms with Crippen LogP contribution in [-0.4, -0.2) is 64.8 Å². The van der Waals surface area contributed by atoms with E-state index in [9.17, 15) is 19.5 Å². The second kappa shape index (κ2) is 12.6. The SMILES string of the molecule is C=CCCCOC(=O)[C@H]1[C@H]2C(=O)N([C@H](CO)c3ccccc3)C(C(=O)N(CC=C)c3ccccc3Cl)C23CC[C@]1(CC)O3. The van der Waals surface area contributed by atoms with Crippen molar-refractivity contribution in [3.8, 4) is 0 Å². The molecule has 2 unspecified atom stereocenters. The van der Waals surface area contributed by atoms with Gasteiger partial charge in [-0.3, -0.25) is 14.4 Å². The third-order valence-corrected chi connectivity index (χ3v) is 9.64. The van der Waals surface area contributed by atoms with Crippen LogP contribution in [0.5, 0.6) is 0 Å². The van der Waals surface area contributed by atoms with Gasteiger partial charge in [0.15, 0.2) is 0 Å². The van der Waals surface area contributed by atoms with Gasteiger partial charge in [-0.1, -0.05) is 73.1 Å². The highest BCUT2D eigenvalue weighted by atomic mass is 35.5. The number of aliphatic hydroxyl groups excluding tert-OH is 1. The molecule has 3 aliphatic rings. The first-order chi connectivity index (χ1) is 20.8. The first kappa shape index (κ1) is 31.0. The number of esters is 1. The number of ether oxygens (including phenoxy) is 2. The molecule has 3 saturated heterocycles. The minimum Gasteiger partial charge on any atom is -0.465 e. The van der Waals surface area contributed by atoms with E-state index in [-0.39, 0.29) is 13.2 Å². The zero-order valence-corrected chi connectivity index (χ0v) is 25.2. The molecular weight excluding hydrogens is 568 g/mol. The zero-order chi connectivity index (χ0) is 30.8. The summed E-state index contributed by atoms with van der Waals surface area (Å²) < 4.78 is 12.6. The summed E-state index contributed by atoms with van der Waals surface area (Å²) in [6, 6.07) is 14.1. The number of fused-ring (bicyclic) bond motifs is 1. The van der Waals surface area contributed by atoms with E-state index in [4.69, 9.17) is 21.1 Å². The van der Waals surface area contributed by atoms with Gasteiger partial charge in [-0.2, -0.15) is 0 Å². The Morgan fingerprint density at radius 3 is 2.53 bits per heavy atom. The number of carbonyl (C=O) groups excluding carboxylic acids is 3. The number of amides is 2. The fourth-order valence-corrected chi connectivity index (χ4v) is 7.64. The molecule has 1 N–H and O–H groups in total. The van der Waals surface area contributed by atoms with Crippen LogP contribution in [0.4, 0.5) is 5.69 Å². The Kier molecular flexibility index (Phi) is 9.11. The number of anilines is 1. The van der Waals surface area contributed by atoms with Gasteiger partial charge in [-0.25, -0.2) is 0 Å². The fourth-order valence-electron chi connectivity index (χ4n) is 7.40. The third kappa shape index (κ3) is 5.09. The molecule has 0 radical (unpaired) electrons. The molecular formula is C34H39ClN2O6. The largest absolute Gasteiger partial charge is 0.465 e. The minimum atomic E-state index is -1.29. The van der Waals surface area contributed by atoms with Crippen LogP contribution >= 0.6 is 11.6 Å². The molecule has 1 spiro atoms. The molecule has 3 aliphatic heterocycles. The van der Waals surface area contributed by atoms with E-state index in [0.717, 1.165) is 0 Å². The van der Waals surface area contributed by atoms with Crippen molar-refractivity contribution in [2.45, 2.75) is 62.3 Å². The van der Waals surface area contributed by atoms with Crippen molar-refractivity contribution >= 4 is 35.1 Å². The number of hydrogen-bond donors (Lipinski definition) is 1. The number of carbonyl (C=O) groups is 3. The van der Waals surface area contributed by atoms with Crippen molar-refractivity contribution in [3.05, 3.63) is 90.5 Å². The lowest BCUT2D eigenvalue weighted by Crippen LogP contribution is -2.57. The number of aliphatic hydroxyl groups is 1. The van der Waals surface area contributed by atoms with E-state index in [0.29, 0.717) is 48.4 Å². The average molecular weight is 607 g/mol.